The van der Waals surface area contributed by atoms with Crippen molar-refractivity contribution in [1.82, 2.24) is 14.8 Å². The first-order chi connectivity index (χ1) is 15.9. The molecule has 2 aromatic rings. The topological polar surface area (TPSA) is 66.0 Å². The van der Waals surface area contributed by atoms with Gasteiger partial charge in [0, 0.05) is 32.4 Å². The number of carbonyl (C=O) groups excluding carboxylic acids is 2. The standard InChI is InChI=1S/C26H32N4O3/c1-18(2)33-16-15-30-25(31)23(21-9-8-19(3)17-20(21)4)24(26(30)32)29-13-11-28(12-14-29)22-7-5-6-10-27-22/h5-10,17-18H,11-16H2,1-4H3. The van der Waals surface area contributed by atoms with Gasteiger partial charge in [0.2, 0.25) is 0 Å². The fourth-order valence-corrected chi connectivity index (χ4v) is 4.48. The molecule has 0 unspecified atom stereocenters. The summed E-state index contributed by atoms with van der Waals surface area (Å²) in [5.74, 6) is 0.470. The Labute approximate surface area is 195 Å². The quantitative estimate of drug-likeness (QED) is 0.607. The maximum atomic E-state index is 13.5. The Bertz CT molecular complexity index is 1060. The maximum absolute atomic E-state index is 13.5. The van der Waals surface area contributed by atoms with Gasteiger partial charge in [0.25, 0.3) is 11.8 Å². The van der Waals surface area contributed by atoms with E-state index in [2.05, 4.69) is 20.9 Å². The number of hydrogen-bond donors (Lipinski definition) is 0. The highest BCUT2D eigenvalue weighted by Crippen LogP contribution is 2.34. The van der Waals surface area contributed by atoms with E-state index < -0.39 is 0 Å². The van der Waals surface area contributed by atoms with Crippen LogP contribution in [0, 0.1) is 13.8 Å². The fourth-order valence-electron chi connectivity index (χ4n) is 4.48. The summed E-state index contributed by atoms with van der Waals surface area (Å²) in [6.45, 7) is 11.3. The lowest BCUT2D eigenvalue weighted by molar-refractivity contribution is -0.138. The molecule has 0 radical (unpaired) electrons. The van der Waals surface area contributed by atoms with Gasteiger partial charge in [-0.1, -0.05) is 29.8 Å². The normalized spacial score (nSPS) is 17.1. The van der Waals surface area contributed by atoms with Gasteiger partial charge in [-0.15, -0.1) is 0 Å². The van der Waals surface area contributed by atoms with Crippen LogP contribution in [0.5, 0.6) is 0 Å². The van der Waals surface area contributed by atoms with Gasteiger partial charge in [-0.25, -0.2) is 4.98 Å². The number of anilines is 1. The zero-order chi connectivity index (χ0) is 23.5. The van der Waals surface area contributed by atoms with E-state index in [1.165, 1.54) is 4.90 Å². The summed E-state index contributed by atoms with van der Waals surface area (Å²) in [5.41, 5.74) is 3.97. The van der Waals surface area contributed by atoms with Crippen molar-refractivity contribution in [2.24, 2.45) is 0 Å². The van der Waals surface area contributed by atoms with Crippen molar-refractivity contribution in [1.29, 1.82) is 0 Å². The average molecular weight is 449 g/mol. The van der Waals surface area contributed by atoms with Crippen molar-refractivity contribution >= 4 is 23.2 Å². The predicted molar refractivity (Wildman–Crippen MR) is 129 cm³/mol. The molecule has 1 aromatic heterocycles. The third-order valence-electron chi connectivity index (χ3n) is 6.13. The molecule has 0 bridgehead atoms. The molecule has 0 saturated carbocycles. The molecule has 4 rings (SSSR count). The number of benzene rings is 1. The molecule has 1 aromatic carbocycles. The Balaban J connectivity index is 1.63. The lowest BCUT2D eigenvalue weighted by atomic mass is 9.97. The molecule has 2 aliphatic heterocycles. The Kier molecular flexibility index (Phi) is 6.79. The summed E-state index contributed by atoms with van der Waals surface area (Å²) < 4.78 is 5.63. The highest BCUT2D eigenvalue weighted by Gasteiger charge is 2.42. The van der Waals surface area contributed by atoms with Crippen LogP contribution < -0.4 is 4.90 Å². The number of carbonyl (C=O) groups is 2. The predicted octanol–water partition coefficient (Wildman–Crippen LogP) is 3.03. The molecule has 1 saturated heterocycles. The number of piperazine rings is 1. The van der Waals surface area contributed by atoms with E-state index in [1.807, 2.05) is 58.0 Å². The van der Waals surface area contributed by atoms with Crippen LogP contribution in [0.15, 0.2) is 48.3 Å². The third-order valence-corrected chi connectivity index (χ3v) is 6.13. The molecular weight excluding hydrogens is 416 g/mol. The van der Waals surface area contributed by atoms with E-state index in [4.69, 9.17) is 4.74 Å². The molecular formula is C26H32N4O3. The molecule has 0 atom stereocenters. The Morgan fingerprint density at radius 2 is 1.70 bits per heavy atom. The minimum Gasteiger partial charge on any atom is -0.377 e. The van der Waals surface area contributed by atoms with Crippen molar-refractivity contribution in [2.75, 3.05) is 44.2 Å². The zero-order valence-electron chi connectivity index (χ0n) is 19.9. The summed E-state index contributed by atoms with van der Waals surface area (Å²) in [6, 6.07) is 11.9. The van der Waals surface area contributed by atoms with Gasteiger partial charge in [-0.3, -0.25) is 14.5 Å². The van der Waals surface area contributed by atoms with E-state index in [0.717, 1.165) is 35.6 Å². The fraction of sp³-hybridized carbons (Fsp3) is 0.423. The second-order valence-corrected chi connectivity index (χ2v) is 8.89. The highest BCUT2D eigenvalue weighted by atomic mass is 16.5. The monoisotopic (exact) mass is 448 g/mol. The molecule has 0 spiro atoms. The number of aryl methyl sites for hydroxylation is 2. The number of aromatic nitrogens is 1. The van der Waals surface area contributed by atoms with Crippen LogP contribution in [-0.4, -0.2) is 72.0 Å². The smallest absolute Gasteiger partial charge is 0.277 e. The molecule has 174 valence electrons. The molecule has 0 aliphatic carbocycles. The van der Waals surface area contributed by atoms with E-state index in [9.17, 15) is 9.59 Å². The van der Waals surface area contributed by atoms with Crippen LogP contribution in [0.4, 0.5) is 5.82 Å². The minimum absolute atomic E-state index is 0.0451. The molecule has 7 nitrogen and oxygen atoms in total. The lowest BCUT2D eigenvalue weighted by Crippen LogP contribution is -2.48. The number of pyridine rings is 1. The first-order valence-electron chi connectivity index (χ1n) is 11.6. The summed E-state index contributed by atoms with van der Waals surface area (Å²) in [7, 11) is 0. The first kappa shape index (κ1) is 23.0. The Hall–Kier alpha value is -3.19. The van der Waals surface area contributed by atoms with Crippen molar-refractivity contribution in [3.8, 4) is 0 Å². The molecule has 7 heteroatoms. The number of nitrogens with zero attached hydrogens (tertiary/aromatic N) is 4. The van der Waals surface area contributed by atoms with Crippen LogP contribution in [0.2, 0.25) is 0 Å². The second kappa shape index (κ2) is 9.75. The third kappa shape index (κ3) is 4.78. The van der Waals surface area contributed by atoms with Gasteiger partial charge in [0.15, 0.2) is 0 Å². The van der Waals surface area contributed by atoms with Crippen molar-refractivity contribution in [2.45, 2.75) is 33.8 Å². The number of amides is 2. The molecule has 3 heterocycles. The first-order valence-corrected chi connectivity index (χ1v) is 11.6. The summed E-state index contributed by atoms with van der Waals surface area (Å²) in [4.78, 5) is 37.1. The summed E-state index contributed by atoms with van der Waals surface area (Å²) in [6.07, 6.45) is 1.84. The number of ether oxygens (including phenoxy) is 1. The molecule has 33 heavy (non-hydrogen) atoms. The molecule has 2 aliphatic rings. The van der Waals surface area contributed by atoms with Crippen LogP contribution in [-0.2, 0) is 14.3 Å². The summed E-state index contributed by atoms with van der Waals surface area (Å²) >= 11 is 0. The van der Waals surface area contributed by atoms with Crippen molar-refractivity contribution < 1.29 is 14.3 Å². The maximum Gasteiger partial charge on any atom is 0.277 e. The van der Waals surface area contributed by atoms with E-state index in [0.29, 0.717) is 31.0 Å². The average Bonchev–Trinajstić information content (AvgIpc) is 3.04. The lowest BCUT2D eigenvalue weighted by Gasteiger charge is -2.37. The van der Waals surface area contributed by atoms with Crippen LogP contribution in [0.1, 0.15) is 30.5 Å². The zero-order valence-corrected chi connectivity index (χ0v) is 19.9. The molecule has 1 fully saturated rings. The molecule has 2 amide bonds. The largest absolute Gasteiger partial charge is 0.377 e. The van der Waals surface area contributed by atoms with E-state index in [-0.39, 0.29) is 24.5 Å². The van der Waals surface area contributed by atoms with Crippen molar-refractivity contribution in [3.63, 3.8) is 0 Å². The van der Waals surface area contributed by atoms with Gasteiger partial charge in [0.1, 0.15) is 11.5 Å². The van der Waals surface area contributed by atoms with E-state index >= 15 is 0 Å². The number of imide groups is 1. The van der Waals surface area contributed by atoms with Gasteiger partial charge < -0.3 is 14.5 Å². The van der Waals surface area contributed by atoms with Gasteiger partial charge in [-0.2, -0.15) is 0 Å². The van der Waals surface area contributed by atoms with Gasteiger partial charge in [0.05, 0.1) is 24.8 Å². The SMILES string of the molecule is Cc1ccc(C2=C(N3CCN(c4ccccn4)CC3)C(=O)N(CCOC(C)C)C2=O)c(C)c1. The van der Waals surface area contributed by atoms with Gasteiger partial charge >= 0.3 is 0 Å². The van der Waals surface area contributed by atoms with Crippen LogP contribution >= 0.6 is 0 Å². The van der Waals surface area contributed by atoms with Crippen molar-refractivity contribution in [3.05, 3.63) is 65.0 Å². The Morgan fingerprint density at radius 3 is 2.33 bits per heavy atom. The van der Waals surface area contributed by atoms with Gasteiger partial charge in [-0.05, 0) is 51.0 Å². The van der Waals surface area contributed by atoms with E-state index in [1.54, 1.807) is 6.20 Å². The highest BCUT2D eigenvalue weighted by molar-refractivity contribution is 6.35. The number of hydrogen-bond acceptors (Lipinski definition) is 6. The summed E-state index contributed by atoms with van der Waals surface area (Å²) in [5, 5.41) is 0. The second-order valence-electron chi connectivity index (χ2n) is 8.89. The molecule has 0 N–H and O–H groups in total. The van der Waals surface area contributed by atoms with Crippen LogP contribution in [0.3, 0.4) is 0 Å². The minimum atomic E-state index is -0.235. The van der Waals surface area contributed by atoms with Crippen LogP contribution in [0.25, 0.3) is 5.57 Å². The number of rotatable bonds is 7. The Morgan fingerprint density at radius 1 is 0.970 bits per heavy atom.